The van der Waals surface area contributed by atoms with Crippen LogP contribution in [-0.4, -0.2) is 34.4 Å². The highest BCUT2D eigenvalue weighted by Crippen LogP contribution is 2.20. The number of nitrogens with zero attached hydrogens (tertiary/aromatic N) is 3. The molecule has 0 bridgehead atoms. The van der Waals surface area contributed by atoms with E-state index in [1.165, 1.54) is 17.8 Å². The number of aromatic nitrogens is 2. The summed E-state index contributed by atoms with van der Waals surface area (Å²) in [6.07, 6.45) is 4.48. The first kappa shape index (κ1) is 10.6. The molecule has 0 aliphatic carbocycles. The van der Waals surface area contributed by atoms with Crippen molar-refractivity contribution in [3.63, 3.8) is 0 Å². The van der Waals surface area contributed by atoms with Crippen molar-refractivity contribution < 1.29 is 9.90 Å². The van der Waals surface area contributed by atoms with E-state index in [1.54, 1.807) is 0 Å². The van der Waals surface area contributed by atoms with Crippen LogP contribution in [0, 0.1) is 0 Å². The normalized spacial score (nSPS) is 15.8. The monoisotopic (exact) mass is 219 g/mol. The number of hydrogen-bond donors (Lipinski definition) is 1. The molecule has 2 rings (SSSR count). The van der Waals surface area contributed by atoms with Gasteiger partial charge in [0.05, 0.1) is 6.20 Å². The molecule has 0 amide bonds. The molecule has 84 valence electrons. The third-order valence-corrected chi connectivity index (χ3v) is 2.56. The fraction of sp³-hybridized carbons (Fsp3) is 0.364. The van der Waals surface area contributed by atoms with E-state index in [9.17, 15) is 4.79 Å². The largest absolute Gasteiger partial charge is 0.478 e. The molecule has 0 saturated heterocycles. The maximum absolute atomic E-state index is 11.0. The molecule has 0 saturated carbocycles. The second kappa shape index (κ2) is 4.30. The quantitative estimate of drug-likeness (QED) is 0.760. The third-order valence-electron chi connectivity index (χ3n) is 2.56. The molecule has 1 aromatic heterocycles. The Hall–Kier alpha value is -1.91. The zero-order valence-electron chi connectivity index (χ0n) is 9.05. The number of aromatic carboxylic acids is 1. The highest BCUT2D eigenvalue weighted by Gasteiger charge is 2.19. The maximum atomic E-state index is 11.0. The van der Waals surface area contributed by atoms with Gasteiger partial charge >= 0.3 is 5.97 Å². The highest BCUT2D eigenvalue weighted by atomic mass is 16.4. The Kier molecular flexibility index (Phi) is 2.85. The molecule has 1 aliphatic rings. The van der Waals surface area contributed by atoms with Gasteiger partial charge in [-0.3, -0.25) is 0 Å². The lowest BCUT2D eigenvalue weighted by atomic mass is 10.1. The molecule has 5 heteroatoms. The SMILES string of the molecule is CC1=CCCN(c2nnccc2C(=O)O)C1. The van der Waals surface area contributed by atoms with E-state index in [1.807, 2.05) is 11.8 Å². The predicted molar refractivity (Wildman–Crippen MR) is 59.6 cm³/mol. The molecule has 0 fully saturated rings. The lowest BCUT2D eigenvalue weighted by Crippen LogP contribution is -2.31. The Bertz CT molecular complexity index is 443. The lowest BCUT2D eigenvalue weighted by Gasteiger charge is -2.27. The van der Waals surface area contributed by atoms with Gasteiger partial charge in [-0.15, -0.1) is 5.10 Å². The van der Waals surface area contributed by atoms with Crippen LogP contribution in [0.1, 0.15) is 23.7 Å². The standard InChI is InChI=1S/C11H13N3O2/c1-8-3-2-6-14(7-8)10-9(11(15)16)4-5-12-13-10/h3-5H,2,6-7H2,1H3,(H,15,16). The second-order valence-electron chi connectivity index (χ2n) is 3.83. The molecule has 1 N–H and O–H groups in total. The molecular weight excluding hydrogens is 206 g/mol. The van der Waals surface area contributed by atoms with Crippen LogP contribution in [0.3, 0.4) is 0 Å². The third kappa shape index (κ3) is 2.03. The first-order valence-electron chi connectivity index (χ1n) is 5.14. The zero-order valence-corrected chi connectivity index (χ0v) is 9.05. The molecule has 0 radical (unpaired) electrons. The fourth-order valence-corrected chi connectivity index (χ4v) is 1.82. The Labute approximate surface area is 93.4 Å². The van der Waals surface area contributed by atoms with Crippen LogP contribution >= 0.6 is 0 Å². The van der Waals surface area contributed by atoms with Crippen molar-refractivity contribution in [2.45, 2.75) is 13.3 Å². The summed E-state index contributed by atoms with van der Waals surface area (Å²) in [5.41, 5.74) is 1.44. The van der Waals surface area contributed by atoms with Crippen LogP contribution in [0.5, 0.6) is 0 Å². The molecule has 2 heterocycles. The molecule has 16 heavy (non-hydrogen) atoms. The second-order valence-corrected chi connectivity index (χ2v) is 3.83. The minimum absolute atomic E-state index is 0.213. The van der Waals surface area contributed by atoms with Crippen molar-refractivity contribution in [1.82, 2.24) is 10.2 Å². The summed E-state index contributed by atoms with van der Waals surface area (Å²) < 4.78 is 0. The Morgan fingerprint density at radius 2 is 2.38 bits per heavy atom. The molecule has 1 aromatic rings. The minimum atomic E-state index is -0.961. The van der Waals surface area contributed by atoms with Crippen LogP contribution in [0.4, 0.5) is 5.82 Å². The molecule has 5 nitrogen and oxygen atoms in total. The molecule has 1 aliphatic heterocycles. The minimum Gasteiger partial charge on any atom is -0.478 e. The highest BCUT2D eigenvalue weighted by molar-refractivity contribution is 5.93. The average Bonchev–Trinajstić information content (AvgIpc) is 2.29. The summed E-state index contributed by atoms with van der Waals surface area (Å²) >= 11 is 0. The Morgan fingerprint density at radius 3 is 3.06 bits per heavy atom. The summed E-state index contributed by atoms with van der Waals surface area (Å²) in [6.45, 7) is 3.54. The number of carbonyl (C=O) groups is 1. The summed E-state index contributed by atoms with van der Waals surface area (Å²) in [5.74, 6) is -0.500. The van der Waals surface area contributed by atoms with Crippen molar-refractivity contribution in [1.29, 1.82) is 0 Å². The molecule has 0 atom stereocenters. The van der Waals surface area contributed by atoms with Gasteiger partial charge in [-0.2, -0.15) is 5.10 Å². The van der Waals surface area contributed by atoms with Gasteiger partial charge in [0.1, 0.15) is 5.56 Å². The first-order chi connectivity index (χ1) is 7.68. The van der Waals surface area contributed by atoms with Gasteiger partial charge < -0.3 is 10.0 Å². The molecule has 0 spiro atoms. The summed E-state index contributed by atoms with van der Waals surface area (Å²) in [5, 5.41) is 16.7. The topological polar surface area (TPSA) is 66.3 Å². The average molecular weight is 219 g/mol. The van der Waals surface area contributed by atoms with Crippen molar-refractivity contribution >= 4 is 11.8 Å². The van der Waals surface area contributed by atoms with E-state index in [2.05, 4.69) is 16.3 Å². The van der Waals surface area contributed by atoms with Crippen molar-refractivity contribution in [2.75, 3.05) is 18.0 Å². The van der Waals surface area contributed by atoms with Gasteiger partial charge in [0, 0.05) is 13.1 Å². The van der Waals surface area contributed by atoms with E-state index in [0.717, 1.165) is 19.5 Å². The van der Waals surface area contributed by atoms with E-state index in [0.29, 0.717) is 5.82 Å². The van der Waals surface area contributed by atoms with Crippen molar-refractivity contribution in [3.05, 3.63) is 29.5 Å². The van der Waals surface area contributed by atoms with Crippen molar-refractivity contribution in [2.24, 2.45) is 0 Å². The summed E-state index contributed by atoms with van der Waals surface area (Å²) in [7, 11) is 0. The number of anilines is 1. The number of rotatable bonds is 2. The van der Waals surface area contributed by atoms with Crippen LogP contribution in [0.15, 0.2) is 23.9 Å². The predicted octanol–water partition coefficient (Wildman–Crippen LogP) is 1.33. The first-order valence-corrected chi connectivity index (χ1v) is 5.14. The van der Waals surface area contributed by atoms with Gasteiger partial charge in [-0.05, 0) is 19.4 Å². The zero-order chi connectivity index (χ0) is 11.5. The van der Waals surface area contributed by atoms with Gasteiger partial charge in [0.25, 0.3) is 0 Å². The Morgan fingerprint density at radius 1 is 1.56 bits per heavy atom. The molecule has 0 aromatic carbocycles. The van der Waals surface area contributed by atoms with E-state index >= 15 is 0 Å². The van der Waals surface area contributed by atoms with E-state index in [-0.39, 0.29) is 5.56 Å². The fourth-order valence-electron chi connectivity index (χ4n) is 1.82. The van der Waals surface area contributed by atoms with Gasteiger partial charge in [0.2, 0.25) is 0 Å². The molecular formula is C11H13N3O2. The summed E-state index contributed by atoms with van der Waals surface area (Å²) in [6, 6.07) is 1.48. The maximum Gasteiger partial charge on any atom is 0.339 e. The van der Waals surface area contributed by atoms with Crippen LogP contribution in [-0.2, 0) is 0 Å². The molecule has 0 unspecified atom stereocenters. The lowest BCUT2D eigenvalue weighted by molar-refractivity contribution is 0.0697. The van der Waals surface area contributed by atoms with Gasteiger partial charge in [-0.25, -0.2) is 4.79 Å². The number of carboxylic acid groups (broad SMARTS) is 1. The van der Waals surface area contributed by atoms with Crippen molar-refractivity contribution in [3.8, 4) is 0 Å². The summed E-state index contributed by atoms with van der Waals surface area (Å²) in [4.78, 5) is 13.0. The number of carboxylic acids is 1. The van der Waals surface area contributed by atoms with Crippen LogP contribution in [0.2, 0.25) is 0 Å². The van der Waals surface area contributed by atoms with E-state index in [4.69, 9.17) is 5.11 Å². The number of hydrogen-bond acceptors (Lipinski definition) is 4. The van der Waals surface area contributed by atoms with E-state index < -0.39 is 5.97 Å². The smallest absolute Gasteiger partial charge is 0.339 e. The Balaban J connectivity index is 2.33. The van der Waals surface area contributed by atoms with Gasteiger partial charge in [0.15, 0.2) is 5.82 Å². The van der Waals surface area contributed by atoms with Crippen LogP contribution in [0.25, 0.3) is 0 Å². The van der Waals surface area contributed by atoms with Crippen LogP contribution < -0.4 is 4.90 Å². The van der Waals surface area contributed by atoms with Gasteiger partial charge in [-0.1, -0.05) is 11.6 Å².